The summed E-state index contributed by atoms with van der Waals surface area (Å²) < 4.78 is 6.00. The quantitative estimate of drug-likeness (QED) is 0.344. The first-order valence-electron chi connectivity index (χ1n) is 11.4. The number of imide groups is 1. The maximum Gasteiger partial charge on any atom is 0.421 e. The molecule has 3 atom stereocenters. The summed E-state index contributed by atoms with van der Waals surface area (Å²) in [5, 5.41) is 3.91. The number of hydrogen-bond donors (Lipinski definition) is 1. The van der Waals surface area contributed by atoms with Gasteiger partial charge < -0.3 is 10.1 Å². The molecule has 2 aliphatic rings. The zero-order chi connectivity index (χ0) is 25.6. The lowest BCUT2D eigenvalue weighted by atomic mass is 9.59. The summed E-state index contributed by atoms with van der Waals surface area (Å²) in [6.07, 6.45) is -0.776. The number of carbonyl (C=O) groups is 3. The molecule has 0 aromatic heterocycles. The van der Waals surface area contributed by atoms with Gasteiger partial charge in [0.05, 0.1) is 18.3 Å². The van der Waals surface area contributed by atoms with E-state index in [1.807, 2.05) is 30.3 Å². The van der Waals surface area contributed by atoms with Crippen molar-refractivity contribution < 1.29 is 19.1 Å². The summed E-state index contributed by atoms with van der Waals surface area (Å²) in [4.78, 5) is 42.0. The molecule has 1 spiro atoms. The summed E-state index contributed by atoms with van der Waals surface area (Å²) in [6.45, 7) is 1.76. The van der Waals surface area contributed by atoms with E-state index in [4.69, 9.17) is 27.9 Å². The average Bonchev–Trinajstić information content (AvgIpc) is 3.09. The summed E-state index contributed by atoms with van der Waals surface area (Å²) in [6, 6.07) is 18.8. The zero-order valence-corrected chi connectivity index (χ0v) is 22.2. The first-order valence-corrected chi connectivity index (χ1v) is 12.9. The van der Waals surface area contributed by atoms with Gasteiger partial charge in [0.25, 0.3) is 0 Å². The van der Waals surface area contributed by atoms with E-state index >= 15 is 0 Å². The Balaban J connectivity index is 0.00000320. The van der Waals surface area contributed by atoms with E-state index in [9.17, 15) is 14.4 Å². The number of ether oxygens (including phenoxy) is 1. The van der Waals surface area contributed by atoms with Crippen LogP contribution in [0.25, 0.3) is 0 Å². The van der Waals surface area contributed by atoms with Gasteiger partial charge in [0.15, 0.2) is 0 Å². The summed E-state index contributed by atoms with van der Waals surface area (Å²) >= 11 is 16.3. The fourth-order valence-electron chi connectivity index (χ4n) is 5.45. The van der Waals surface area contributed by atoms with E-state index in [0.29, 0.717) is 26.9 Å². The lowest BCUT2D eigenvalue weighted by molar-refractivity contribution is -0.132. The minimum atomic E-state index is -1.38. The van der Waals surface area contributed by atoms with Crippen LogP contribution in [-0.2, 0) is 19.7 Å². The molecule has 3 amide bonds. The number of halogens is 3. The Morgan fingerprint density at radius 3 is 2.51 bits per heavy atom. The predicted octanol–water partition coefficient (Wildman–Crippen LogP) is 7.18. The molecule has 5 rings (SSSR count). The summed E-state index contributed by atoms with van der Waals surface area (Å²) in [5.74, 6) is -1.35. The van der Waals surface area contributed by atoms with Crippen LogP contribution in [0.4, 0.5) is 10.5 Å². The van der Waals surface area contributed by atoms with Gasteiger partial charge in [-0.15, -0.1) is 0 Å². The Morgan fingerprint density at radius 1 is 1.08 bits per heavy atom. The highest BCUT2D eigenvalue weighted by atomic mass is 79.9. The van der Waals surface area contributed by atoms with Crippen molar-refractivity contribution in [2.45, 2.75) is 38.1 Å². The number of nitrogens with zero attached hydrogens (tertiary/aromatic N) is 1. The maximum absolute atomic E-state index is 14.6. The smallest absolute Gasteiger partial charge is 0.421 e. The van der Waals surface area contributed by atoms with Crippen molar-refractivity contribution >= 4 is 62.7 Å². The second kappa shape index (κ2) is 10.5. The molecule has 0 aliphatic carbocycles. The van der Waals surface area contributed by atoms with E-state index in [2.05, 4.69) is 21.2 Å². The van der Waals surface area contributed by atoms with Crippen LogP contribution >= 0.6 is 39.1 Å². The zero-order valence-electron chi connectivity index (χ0n) is 19.1. The number of piperidine rings is 1. The van der Waals surface area contributed by atoms with Crippen LogP contribution in [0.15, 0.2) is 71.2 Å². The molecule has 0 unspecified atom stereocenters. The Labute approximate surface area is 234 Å². The average molecular weight is 604 g/mol. The third kappa shape index (κ3) is 4.33. The molecule has 3 aromatic carbocycles. The standard InChI is InChI=1S/C27H21BrCl2N2O4.CH4/c1-2-36-26(35)32-22-13-17(30)10-11-19(22)27(25(32)34)20(15-6-5-7-16(29)12-15)14-23(33)31-24(27)18-8-3-4-9-21(18)28;/h3-13,20,24H,2,14H2,1H3,(H,31,33);1H4/t20-,24+,27-;/m0./s1. The fraction of sp³-hybridized carbons (Fsp3) is 0.250. The predicted molar refractivity (Wildman–Crippen MR) is 148 cm³/mol. The van der Waals surface area contributed by atoms with E-state index in [0.717, 1.165) is 14.9 Å². The third-order valence-corrected chi connectivity index (χ3v) is 8.01. The lowest BCUT2D eigenvalue weighted by Crippen LogP contribution is -2.58. The van der Waals surface area contributed by atoms with Gasteiger partial charge >= 0.3 is 6.09 Å². The molecule has 0 bridgehead atoms. The Hall–Kier alpha value is -2.87. The highest BCUT2D eigenvalue weighted by Crippen LogP contribution is 2.60. The first-order chi connectivity index (χ1) is 17.3. The van der Waals surface area contributed by atoms with E-state index < -0.39 is 29.4 Å². The molecule has 3 aromatic rings. The van der Waals surface area contributed by atoms with Gasteiger partial charge in [-0.2, -0.15) is 0 Å². The molecule has 9 heteroatoms. The molecular weight excluding hydrogens is 579 g/mol. The fourth-order valence-corrected chi connectivity index (χ4v) is 6.33. The largest absolute Gasteiger partial charge is 0.449 e. The van der Waals surface area contributed by atoms with Crippen LogP contribution in [0.5, 0.6) is 0 Å². The van der Waals surface area contributed by atoms with Crippen LogP contribution in [0.2, 0.25) is 10.0 Å². The second-order valence-electron chi connectivity index (χ2n) is 8.70. The Bertz CT molecular complexity index is 1400. The van der Waals surface area contributed by atoms with E-state index in [1.54, 1.807) is 43.3 Å². The van der Waals surface area contributed by atoms with Gasteiger partial charge in [0.1, 0.15) is 5.41 Å². The molecule has 37 heavy (non-hydrogen) atoms. The number of hydrogen-bond acceptors (Lipinski definition) is 4. The van der Waals surface area contributed by atoms with Crippen molar-refractivity contribution in [2.24, 2.45) is 0 Å². The van der Waals surface area contributed by atoms with Gasteiger partial charge in [-0.05, 0) is 53.9 Å². The van der Waals surface area contributed by atoms with Crippen LogP contribution in [-0.4, -0.2) is 24.5 Å². The van der Waals surface area contributed by atoms with Gasteiger partial charge in [-0.3, -0.25) is 9.59 Å². The number of anilines is 1. The molecule has 1 fully saturated rings. The van der Waals surface area contributed by atoms with Gasteiger partial charge in [-0.25, -0.2) is 9.69 Å². The Morgan fingerprint density at radius 2 is 1.81 bits per heavy atom. The monoisotopic (exact) mass is 602 g/mol. The van der Waals surface area contributed by atoms with Crippen LogP contribution in [0.3, 0.4) is 0 Å². The summed E-state index contributed by atoms with van der Waals surface area (Å²) in [7, 11) is 0. The van der Waals surface area contributed by atoms with Crippen molar-refractivity contribution in [2.75, 3.05) is 11.5 Å². The van der Waals surface area contributed by atoms with Crippen molar-refractivity contribution in [1.82, 2.24) is 5.32 Å². The van der Waals surface area contributed by atoms with Gasteiger partial charge in [-0.1, -0.05) is 83.0 Å². The molecule has 1 saturated heterocycles. The third-order valence-electron chi connectivity index (χ3n) is 6.82. The van der Waals surface area contributed by atoms with Crippen molar-refractivity contribution in [3.63, 3.8) is 0 Å². The number of fused-ring (bicyclic) bond motifs is 2. The van der Waals surface area contributed by atoms with E-state index in [-0.39, 0.29) is 26.4 Å². The minimum Gasteiger partial charge on any atom is -0.449 e. The van der Waals surface area contributed by atoms with Crippen molar-refractivity contribution in [3.8, 4) is 0 Å². The van der Waals surface area contributed by atoms with Crippen LogP contribution < -0.4 is 10.2 Å². The van der Waals surface area contributed by atoms with E-state index in [1.165, 1.54) is 0 Å². The van der Waals surface area contributed by atoms with Crippen molar-refractivity contribution in [3.05, 3.63) is 97.9 Å². The van der Waals surface area contributed by atoms with Crippen LogP contribution in [0, 0.1) is 0 Å². The molecule has 2 aliphatic heterocycles. The first kappa shape index (κ1) is 27.2. The number of nitrogens with one attached hydrogen (secondary N) is 1. The molecule has 0 saturated carbocycles. The molecule has 2 heterocycles. The van der Waals surface area contributed by atoms with Gasteiger partial charge in [0, 0.05) is 26.9 Å². The SMILES string of the molecule is C.CCOC(=O)N1C(=O)[C@]2(c3ccc(Cl)cc31)[C@@H](c1ccccc1Br)NC(=O)C[C@H]2c1cccc(Cl)c1. The number of rotatable bonds is 3. The topological polar surface area (TPSA) is 75.7 Å². The van der Waals surface area contributed by atoms with Crippen LogP contribution in [0.1, 0.15) is 49.4 Å². The van der Waals surface area contributed by atoms with Gasteiger partial charge in [0.2, 0.25) is 11.8 Å². The second-order valence-corrected chi connectivity index (χ2v) is 10.4. The lowest BCUT2D eigenvalue weighted by Gasteiger charge is -2.47. The summed E-state index contributed by atoms with van der Waals surface area (Å²) in [5.41, 5.74) is 0.962. The molecule has 6 nitrogen and oxygen atoms in total. The Kier molecular flexibility index (Phi) is 7.70. The molecule has 192 valence electrons. The molecule has 1 N–H and O–H groups in total. The number of benzene rings is 3. The molecule has 0 radical (unpaired) electrons. The number of amides is 3. The highest BCUT2D eigenvalue weighted by molar-refractivity contribution is 9.10. The molecular formula is C28H25BrCl2N2O4. The number of carbonyl (C=O) groups excluding carboxylic acids is 3. The van der Waals surface area contributed by atoms with Crippen molar-refractivity contribution in [1.29, 1.82) is 0 Å². The normalized spacial score (nSPS) is 22.3. The highest BCUT2D eigenvalue weighted by Gasteiger charge is 2.64. The maximum atomic E-state index is 14.6. The minimum absolute atomic E-state index is 0.